The molecule has 0 bridgehead atoms. The topological polar surface area (TPSA) is 61.4 Å². The highest BCUT2D eigenvalue weighted by atomic mass is 79.9. The summed E-state index contributed by atoms with van der Waals surface area (Å²) in [4.78, 5) is 13.1. The summed E-state index contributed by atoms with van der Waals surface area (Å²) in [5, 5.41) is 0. The number of carbonyl (C=O) groups is 1. The third kappa shape index (κ3) is 6.13. The molecule has 1 rings (SSSR count). The van der Waals surface area contributed by atoms with E-state index in [1.807, 2.05) is 52.0 Å². The van der Waals surface area contributed by atoms with Crippen molar-refractivity contribution in [2.24, 2.45) is 0 Å². The number of ether oxygens (including phenoxy) is 1. The largest absolute Gasteiger partial charge is 0.598 e. The van der Waals surface area contributed by atoms with E-state index >= 15 is 0 Å². The van der Waals surface area contributed by atoms with Crippen molar-refractivity contribution >= 4 is 33.3 Å². The van der Waals surface area contributed by atoms with Crippen molar-refractivity contribution in [3.63, 3.8) is 0 Å². The van der Waals surface area contributed by atoms with Gasteiger partial charge < -0.3 is 9.29 Å². The van der Waals surface area contributed by atoms with E-state index in [2.05, 4.69) is 27.2 Å². The van der Waals surface area contributed by atoms with E-state index in [4.69, 9.17) is 4.74 Å². The van der Waals surface area contributed by atoms with E-state index in [1.165, 1.54) is 0 Å². The molecule has 0 saturated heterocycles. The quantitative estimate of drug-likeness (QED) is 0.390. The molecule has 1 N–H and O–H groups in total. The van der Waals surface area contributed by atoms with E-state index in [0.717, 1.165) is 10.0 Å². The summed E-state index contributed by atoms with van der Waals surface area (Å²) in [7, 11) is 0. The Balaban J connectivity index is 3.48. The Morgan fingerprint density at radius 1 is 1.32 bits per heavy atom. The first-order valence-electron chi connectivity index (χ1n) is 8.19. The molecule has 0 amide bonds. The van der Waals surface area contributed by atoms with Crippen LogP contribution in [0.15, 0.2) is 40.9 Å². The molecule has 0 aromatic heterocycles. The molecule has 0 unspecified atom stereocenters. The Kier molecular flexibility index (Phi) is 7.74. The van der Waals surface area contributed by atoms with Crippen LogP contribution >= 0.6 is 15.9 Å². The third-order valence-electron chi connectivity index (χ3n) is 3.42. The minimum Gasteiger partial charge on any atom is -0.598 e. The molecule has 0 aliphatic heterocycles. The van der Waals surface area contributed by atoms with Crippen LogP contribution in [-0.4, -0.2) is 21.4 Å². The van der Waals surface area contributed by atoms with Gasteiger partial charge in [-0.25, -0.2) is 4.79 Å². The van der Waals surface area contributed by atoms with Gasteiger partial charge in [0.15, 0.2) is 5.54 Å². The highest BCUT2D eigenvalue weighted by Gasteiger charge is 2.48. The maximum absolute atomic E-state index is 13.1. The normalized spacial score (nSPS) is 15.6. The van der Waals surface area contributed by atoms with Crippen LogP contribution in [-0.2, 0) is 26.4 Å². The van der Waals surface area contributed by atoms with Gasteiger partial charge >= 0.3 is 5.97 Å². The lowest BCUT2D eigenvalue weighted by Crippen LogP contribution is -2.56. The van der Waals surface area contributed by atoms with E-state index in [1.54, 1.807) is 13.8 Å². The molecular formula is C19H28BrNO3S. The number of carbonyl (C=O) groups excluding carboxylic acids is 1. The molecular weight excluding hydrogens is 402 g/mol. The highest BCUT2D eigenvalue weighted by Crippen LogP contribution is 2.34. The van der Waals surface area contributed by atoms with Crippen molar-refractivity contribution in [1.29, 1.82) is 0 Å². The van der Waals surface area contributed by atoms with Gasteiger partial charge in [-0.2, -0.15) is 0 Å². The average Bonchev–Trinajstić information content (AvgIpc) is 2.44. The van der Waals surface area contributed by atoms with Crippen LogP contribution in [0.25, 0.3) is 0 Å². The van der Waals surface area contributed by atoms with Crippen molar-refractivity contribution in [3.8, 4) is 0 Å². The summed E-state index contributed by atoms with van der Waals surface area (Å²) in [6.45, 7) is 15.0. The Bertz CT molecular complexity index is 610. The smallest absolute Gasteiger partial charge is 0.336 e. The number of esters is 1. The maximum atomic E-state index is 13.1. The minimum absolute atomic E-state index is 0.280. The Labute approximate surface area is 162 Å². The molecule has 0 heterocycles. The van der Waals surface area contributed by atoms with E-state index < -0.39 is 27.6 Å². The maximum Gasteiger partial charge on any atom is 0.336 e. The van der Waals surface area contributed by atoms with Crippen LogP contribution in [0, 0.1) is 0 Å². The Hall–Kier alpha value is -0.820. The van der Waals surface area contributed by atoms with Gasteiger partial charge in [0, 0.05) is 22.3 Å². The number of rotatable bonds is 7. The zero-order chi connectivity index (χ0) is 19.4. The Morgan fingerprint density at radius 3 is 2.24 bits per heavy atom. The molecule has 0 spiro atoms. The summed E-state index contributed by atoms with van der Waals surface area (Å²) in [6, 6.07) is 7.38. The second kappa shape index (κ2) is 8.71. The first-order valence-corrected chi connectivity index (χ1v) is 10.1. The molecule has 140 valence electrons. The zero-order valence-electron chi connectivity index (χ0n) is 15.8. The predicted molar refractivity (Wildman–Crippen MR) is 108 cm³/mol. The zero-order valence-corrected chi connectivity index (χ0v) is 18.2. The van der Waals surface area contributed by atoms with Crippen LogP contribution in [0.1, 0.15) is 53.5 Å². The fourth-order valence-electron chi connectivity index (χ4n) is 2.24. The standard InChI is InChI=1S/C19H28BrNO3S/c1-13(2)12-19(17(22)24-14(3)4,21-25(23)18(5,6)7)15-8-10-16(20)11-9-15/h8-11,14,21H,1,12H2,2-7H3/t19-,25+/m1/s1. The number of benzene rings is 1. The molecule has 6 heteroatoms. The molecule has 2 atom stereocenters. The fraction of sp³-hybridized carbons (Fsp3) is 0.526. The molecule has 0 aliphatic carbocycles. The summed E-state index contributed by atoms with van der Waals surface area (Å²) >= 11 is 1.94. The highest BCUT2D eigenvalue weighted by molar-refractivity contribution is 9.10. The van der Waals surface area contributed by atoms with Crippen molar-refractivity contribution < 1.29 is 14.1 Å². The Morgan fingerprint density at radius 2 is 1.84 bits per heavy atom. The first-order chi connectivity index (χ1) is 11.4. The van der Waals surface area contributed by atoms with Gasteiger partial charge in [-0.3, -0.25) is 0 Å². The van der Waals surface area contributed by atoms with Crippen LogP contribution in [0.2, 0.25) is 0 Å². The molecule has 4 nitrogen and oxygen atoms in total. The van der Waals surface area contributed by atoms with Gasteiger partial charge in [0.25, 0.3) is 0 Å². The van der Waals surface area contributed by atoms with E-state index in [-0.39, 0.29) is 6.10 Å². The second-order valence-corrected chi connectivity index (χ2v) is 10.4. The molecule has 0 fully saturated rings. The van der Waals surface area contributed by atoms with E-state index in [9.17, 15) is 9.35 Å². The number of nitrogens with one attached hydrogen (secondary N) is 1. The van der Waals surface area contributed by atoms with Crippen LogP contribution in [0.4, 0.5) is 0 Å². The SMILES string of the molecule is C=C(C)C[C@](N[S@@+]([O-])C(C)(C)C)(C(=O)OC(C)C)c1ccc(Br)cc1. The number of hydrogen-bond acceptors (Lipinski definition) is 4. The summed E-state index contributed by atoms with van der Waals surface area (Å²) < 4.78 is 21.8. The first kappa shape index (κ1) is 22.2. The van der Waals surface area contributed by atoms with Crippen molar-refractivity contribution in [1.82, 2.24) is 4.72 Å². The third-order valence-corrected chi connectivity index (χ3v) is 5.59. The molecule has 0 radical (unpaired) electrons. The molecule has 1 aromatic rings. The molecule has 1 aromatic carbocycles. The second-order valence-electron chi connectivity index (χ2n) is 7.48. The van der Waals surface area contributed by atoms with Gasteiger partial charge in [-0.1, -0.05) is 33.6 Å². The summed E-state index contributed by atoms with van der Waals surface area (Å²) in [6.07, 6.45) is 0.0134. The van der Waals surface area contributed by atoms with Gasteiger partial charge in [-0.15, -0.1) is 11.3 Å². The average molecular weight is 430 g/mol. The van der Waals surface area contributed by atoms with Crippen LogP contribution in [0.3, 0.4) is 0 Å². The number of halogens is 1. The van der Waals surface area contributed by atoms with Crippen LogP contribution in [0.5, 0.6) is 0 Å². The van der Waals surface area contributed by atoms with Crippen molar-refractivity contribution in [3.05, 3.63) is 46.5 Å². The summed E-state index contributed by atoms with van der Waals surface area (Å²) in [5.41, 5.74) is 0.235. The lowest BCUT2D eigenvalue weighted by atomic mass is 9.85. The van der Waals surface area contributed by atoms with Gasteiger partial charge in [-0.05, 0) is 59.2 Å². The monoisotopic (exact) mass is 429 g/mol. The molecule has 25 heavy (non-hydrogen) atoms. The minimum atomic E-state index is -1.47. The summed E-state index contributed by atoms with van der Waals surface area (Å²) in [5.74, 6) is -0.453. The fourth-order valence-corrected chi connectivity index (χ4v) is 3.40. The van der Waals surface area contributed by atoms with Crippen molar-refractivity contribution in [2.75, 3.05) is 0 Å². The predicted octanol–water partition coefficient (Wildman–Crippen LogP) is 4.61. The van der Waals surface area contributed by atoms with Gasteiger partial charge in [0.05, 0.1) is 6.10 Å². The lowest BCUT2D eigenvalue weighted by molar-refractivity contribution is -0.155. The lowest BCUT2D eigenvalue weighted by Gasteiger charge is -2.36. The molecule has 0 aliphatic rings. The molecule has 0 saturated carbocycles. The van der Waals surface area contributed by atoms with Gasteiger partial charge in [0.2, 0.25) is 0 Å². The number of hydrogen-bond donors (Lipinski definition) is 1. The van der Waals surface area contributed by atoms with E-state index in [0.29, 0.717) is 12.0 Å². The van der Waals surface area contributed by atoms with Crippen molar-refractivity contribution in [2.45, 2.75) is 64.4 Å². The van der Waals surface area contributed by atoms with Crippen LogP contribution < -0.4 is 4.72 Å². The van der Waals surface area contributed by atoms with Gasteiger partial charge in [0.1, 0.15) is 4.75 Å².